The maximum atomic E-state index is 11.1. The predicted molar refractivity (Wildman–Crippen MR) is 83.7 cm³/mol. The van der Waals surface area contributed by atoms with Crippen molar-refractivity contribution in [2.75, 3.05) is 0 Å². The van der Waals surface area contributed by atoms with Crippen LogP contribution in [0.1, 0.15) is 35.0 Å². The molecular formula is C16H16BrNO3. The fourth-order valence-electron chi connectivity index (χ4n) is 1.93. The van der Waals surface area contributed by atoms with Crippen LogP contribution in [0.3, 0.4) is 0 Å². The third-order valence-electron chi connectivity index (χ3n) is 2.88. The van der Waals surface area contributed by atoms with Crippen LogP contribution >= 0.6 is 15.9 Å². The van der Waals surface area contributed by atoms with Crippen molar-refractivity contribution in [1.29, 1.82) is 0 Å². The average molecular weight is 350 g/mol. The second-order valence-electron chi connectivity index (χ2n) is 4.66. The molecule has 1 N–H and O–H groups in total. The Balaban J connectivity index is 2.16. The number of hydrogen-bond donors (Lipinski definition) is 1. The lowest BCUT2D eigenvalue weighted by molar-refractivity contribution is 0.0696. The Hall–Kier alpha value is -1.88. The molecule has 0 unspecified atom stereocenters. The molecule has 1 aromatic carbocycles. The zero-order valence-electron chi connectivity index (χ0n) is 11.7. The van der Waals surface area contributed by atoms with E-state index < -0.39 is 5.97 Å². The van der Waals surface area contributed by atoms with Crippen molar-refractivity contribution in [3.8, 4) is 5.88 Å². The van der Waals surface area contributed by atoms with Crippen LogP contribution in [-0.2, 0) is 13.0 Å². The summed E-state index contributed by atoms with van der Waals surface area (Å²) in [6.07, 6.45) is 1.63. The van der Waals surface area contributed by atoms with Gasteiger partial charge in [0.15, 0.2) is 0 Å². The minimum Gasteiger partial charge on any atom is -0.478 e. The number of carbonyl (C=O) groups is 1. The van der Waals surface area contributed by atoms with Gasteiger partial charge in [-0.2, -0.15) is 0 Å². The number of aromatic carboxylic acids is 1. The summed E-state index contributed by atoms with van der Waals surface area (Å²) in [6, 6.07) is 10.8. The van der Waals surface area contributed by atoms with Gasteiger partial charge in [0.1, 0.15) is 6.61 Å². The molecule has 0 aliphatic rings. The van der Waals surface area contributed by atoms with Crippen LogP contribution < -0.4 is 4.74 Å². The van der Waals surface area contributed by atoms with Crippen molar-refractivity contribution in [2.24, 2.45) is 0 Å². The van der Waals surface area contributed by atoms with Crippen molar-refractivity contribution in [3.05, 3.63) is 57.7 Å². The first kappa shape index (κ1) is 15.5. The number of halogens is 1. The first-order chi connectivity index (χ1) is 10.1. The highest BCUT2D eigenvalue weighted by molar-refractivity contribution is 9.10. The van der Waals surface area contributed by atoms with Gasteiger partial charge in [0.05, 0.1) is 5.56 Å². The summed E-state index contributed by atoms with van der Waals surface area (Å²) in [5.74, 6) is -0.625. The molecular weight excluding hydrogens is 334 g/mol. The van der Waals surface area contributed by atoms with Crippen LogP contribution in [0, 0.1) is 0 Å². The Labute approximate surface area is 131 Å². The van der Waals surface area contributed by atoms with Crippen molar-refractivity contribution in [2.45, 2.75) is 26.4 Å². The highest BCUT2D eigenvalue weighted by Crippen LogP contribution is 2.17. The lowest BCUT2D eigenvalue weighted by atomic mass is 10.1. The molecule has 4 nitrogen and oxygen atoms in total. The Kier molecular flexibility index (Phi) is 5.33. The lowest BCUT2D eigenvalue weighted by Crippen LogP contribution is -2.04. The largest absolute Gasteiger partial charge is 0.478 e. The number of carboxylic acid groups (broad SMARTS) is 1. The van der Waals surface area contributed by atoms with Crippen LogP contribution in [0.4, 0.5) is 0 Å². The van der Waals surface area contributed by atoms with E-state index in [-0.39, 0.29) is 5.56 Å². The number of ether oxygens (including phenoxy) is 1. The fourth-order valence-corrected chi connectivity index (χ4v) is 2.37. The SMILES string of the molecule is CCCc1cc(C(=O)O)cc(OCc2cccc(Br)c2)n1. The van der Waals surface area contributed by atoms with E-state index in [9.17, 15) is 4.79 Å². The molecule has 1 aromatic heterocycles. The van der Waals surface area contributed by atoms with Gasteiger partial charge in [-0.15, -0.1) is 0 Å². The maximum Gasteiger partial charge on any atom is 0.335 e. The highest BCUT2D eigenvalue weighted by Gasteiger charge is 2.09. The molecule has 0 atom stereocenters. The van der Waals surface area contributed by atoms with Crippen molar-refractivity contribution in [3.63, 3.8) is 0 Å². The summed E-state index contributed by atoms with van der Waals surface area (Å²) in [6.45, 7) is 2.37. The number of nitrogens with zero attached hydrogens (tertiary/aromatic N) is 1. The molecule has 1 heterocycles. The summed E-state index contributed by atoms with van der Waals surface area (Å²) in [5.41, 5.74) is 1.93. The van der Waals surface area contributed by atoms with E-state index in [1.165, 1.54) is 6.07 Å². The average Bonchev–Trinajstić information content (AvgIpc) is 2.45. The van der Waals surface area contributed by atoms with E-state index in [2.05, 4.69) is 20.9 Å². The number of pyridine rings is 1. The number of carboxylic acids is 1. The van der Waals surface area contributed by atoms with Gasteiger partial charge >= 0.3 is 5.97 Å². The molecule has 0 saturated heterocycles. The molecule has 2 rings (SSSR count). The summed E-state index contributed by atoms with van der Waals surface area (Å²) >= 11 is 3.40. The van der Waals surface area contributed by atoms with Crippen molar-refractivity contribution >= 4 is 21.9 Å². The van der Waals surface area contributed by atoms with Crippen LogP contribution in [0.2, 0.25) is 0 Å². The normalized spacial score (nSPS) is 10.4. The Morgan fingerprint density at radius 3 is 2.81 bits per heavy atom. The molecule has 5 heteroatoms. The minimum atomic E-state index is -0.970. The van der Waals surface area contributed by atoms with Gasteiger partial charge in [-0.05, 0) is 30.2 Å². The molecule has 21 heavy (non-hydrogen) atoms. The smallest absolute Gasteiger partial charge is 0.335 e. The van der Waals surface area contributed by atoms with Crippen molar-refractivity contribution in [1.82, 2.24) is 4.98 Å². The molecule has 0 fully saturated rings. The highest BCUT2D eigenvalue weighted by atomic mass is 79.9. The van der Waals surface area contributed by atoms with Gasteiger partial charge in [0, 0.05) is 16.2 Å². The van der Waals surface area contributed by atoms with Crippen LogP contribution in [-0.4, -0.2) is 16.1 Å². The Bertz CT molecular complexity index is 643. The third-order valence-corrected chi connectivity index (χ3v) is 3.38. The van der Waals surface area contributed by atoms with Gasteiger partial charge in [0.25, 0.3) is 0 Å². The van der Waals surface area contributed by atoms with Gasteiger partial charge in [0.2, 0.25) is 5.88 Å². The second kappa shape index (κ2) is 7.22. The van der Waals surface area contributed by atoms with Gasteiger partial charge < -0.3 is 9.84 Å². The zero-order valence-corrected chi connectivity index (χ0v) is 13.3. The quantitative estimate of drug-likeness (QED) is 0.853. The zero-order chi connectivity index (χ0) is 15.2. The topological polar surface area (TPSA) is 59.4 Å². The number of hydrogen-bond acceptors (Lipinski definition) is 3. The Morgan fingerprint density at radius 1 is 1.33 bits per heavy atom. The second-order valence-corrected chi connectivity index (χ2v) is 5.57. The van der Waals surface area contributed by atoms with Gasteiger partial charge in [-0.3, -0.25) is 0 Å². The molecule has 0 aliphatic carbocycles. The first-order valence-electron chi connectivity index (χ1n) is 6.70. The summed E-state index contributed by atoms with van der Waals surface area (Å²) in [7, 11) is 0. The van der Waals surface area contributed by atoms with E-state index in [0.717, 1.165) is 28.6 Å². The fraction of sp³-hybridized carbons (Fsp3) is 0.250. The summed E-state index contributed by atoms with van der Waals surface area (Å²) in [4.78, 5) is 15.5. The molecule has 0 spiro atoms. The van der Waals surface area contributed by atoms with Crippen LogP contribution in [0.15, 0.2) is 40.9 Å². The number of aromatic nitrogens is 1. The lowest BCUT2D eigenvalue weighted by Gasteiger charge is -2.09. The van der Waals surface area contributed by atoms with Crippen molar-refractivity contribution < 1.29 is 14.6 Å². The van der Waals surface area contributed by atoms with Crippen LogP contribution in [0.25, 0.3) is 0 Å². The molecule has 0 amide bonds. The standard InChI is InChI=1S/C16H16BrNO3/c1-2-4-14-8-12(16(19)20)9-15(18-14)21-10-11-5-3-6-13(17)7-11/h3,5-9H,2,4,10H2,1H3,(H,19,20). The molecule has 0 bridgehead atoms. The molecule has 110 valence electrons. The first-order valence-corrected chi connectivity index (χ1v) is 7.49. The van der Waals surface area contributed by atoms with E-state index in [1.54, 1.807) is 6.07 Å². The number of benzene rings is 1. The molecule has 0 aliphatic heterocycles. The molecule has 0 saturated carbocycles. The third kappa shape index (κ3) is 4.56. The Morgan fingerprint density at radius 2 is 2.14 bits per heavy atom. The number of rotatable bonds is 6. The predicted octanol–water partition coefficient (Wildman–Crippen LogP) is 4.07. The maximum absolute atomic E-state index is 11.1. The van der Waals surface area contributed by atoms with Crippen LogP contribution in [0.5, 0.6) is 5.88 Å². The van der Waals surface area contributed by atoms with Gasteiger partial charge in [-0.1, -0.05) is 41.4 Å². The van der Waals surface area contributed by atoms with E-state index in [0.29, 0.717) is 12.5 Å². The van der Waals surface area contributed by atoms with E-state index in [4.69, 9.17) is 9.84 Å². The molecule has 2 aromatic rings. The van der Waals surface area contributed by atoms with Gasteiger partial charge in [-0.25, -0.2) is 9.78 Å². The summed E-state index contributed by atoms with van der Waals surface area (Å²) < 4.78 is 6.60. The molecule has 0 radical (unpaired) electrons. The summed E-state index contributed by atoms with van der Waals surface area (Å²) in [5, 5.41) is 9.13. The van der Waals surface area contributed by atoms with E-state index in [1.807, 2.05) is 31.2 Å². The minimum absolute atomic E-state index is 0.206. The monoisotopic (exact) mass is 349 g/mol. The van der Waals surface area contributed by atoms with E-state index >= 15 is 0 Å². The number of aryl methyl sites for hydroxylation is 1.